The zero-order valence-corrected chi connectivity index (χ0v) is 24.9. The first-order valence-electron chi connectivity index (χ1n) is 19.5. The number of hydrogen-bond acceptors (Lipinski definition) is 3. The zero-order chi connectivity index (χ0) is 38.7. The Morgan fingerprint density at radius 2 is 1.20 bits per heavy atom. The lowest BCUT2D eigenvalue weighted by molar-refractivity contribution is 0.661. The van der Waals surface area contributed by atoms with Crippen LogP contribution in [0.1, 0.15) is 37.3 Å². The van der Waals surface area contributed by atoms with Crippen LogP contribution in [0.3, 0.4) is 0 Å². The van der Waals surface area contributed by atoms with Crippen molar-refractivity contribution in [3.63, 3.8) is 0 Å². The summed E-state index contributed by atoms with van der Waals surface area (Å²) in [6.07, 6.45) is 0. The highest BCUT2D eigenvalue weighted by Gasteiger charge is 2.36. The minimum Gasteiger partial charge on any atom is -0.309 e. The average molecular weight is 600 g/mol. The van der Waals surface area contributed by atoms with Crippen molar-refractivity contribution < 1.29 is 12.3 Å². The van der Waals surface area contributed by atoms with Crippen molar-refractivity contribution in [1.29, 1.82) is 0 Å². The van der Waals surface area contributed by atoms with Crippen molar-refractivity contribution in [3.8, 4) is 51.0 Å². The fourth-order valence-corrected chi connectivity index (χ4v) is 6.38. The SMILES string of the molecule is [2H]c1cc([2H])c2c(c1[2H])C(C)(C)c1c-2c([2H])c2c3c([2H])c([2H])c([2H])c([2H])c3n(-c3cccc(-c4nc(-c5ccccc5)nc(-c5ccccc5)n4)c3)c2c1[2H]. The van der Waals surface area contributed by atoms with Crippen LogP contribution in [-0.2, 0) is 5.41 Å². The van der Waals surface area contributed by atoms with Gasteiger partial charge in [-0.2, -0.15) is 0 Å². The average Bonchev–Trinajstić information content (AvgIpc) is 3.69. The van der Waals surface area contributed by atoms with E-state index in [9.17, 15) is 2.74 Å². The van der Waals surface area contributed by atoms with Gasteiger partial charge in [-0.25, -0.2) is 15.0 Å². The standard InChI is InChI=1S/C42H30N4/c1-42(2)35-22-11-9-20-31(35)33-25-34-32-21-10-12-23-37(32)46(38(34)26-36(33)42)30-19-13-18-29(24-30)41-44-39(27-14-5-3-6-15-27)43-40(45-41)28-16-7-4-8-17-28/h3-26H,1-2H3/i10D,11D,12D,20D,21D,22D,23D,25D,26D. The van der Waals surface area contributed by atoms with Gasteiger partial charge in [0.2, 0.25) is 0 Å². The first kappa shape index (κ1) is 18.8. The van der Waals surface area contributed by atoms with Gasteiger partial charge >= 0.3 is 0 Å². The molecule has 6 aromatic carbocycles. The van der Waals surface area contributed by atoms with Crippen molar-refractivity contribution >= 4 is 21.8 Å². The van der Waals surface area contributed by atoms with Gasteiger partial charge in [-0.1, -0.05) is 129 Å². The molecule has 9 rings (SSSR count). The number of hydrogen-bond donors (Lipinski definition) is 0. The lowest BCUT2D eigenvalue weighted by Gasteiger charge is -2.21. The van der Waals surface area contributed by atoms with Gasteiger partial charge in [-0.3, -0.25) is 0 Å². The number of benzene rings is 6. The molecule has 0 amide bonds. The van der Waals surface area contributed by atoms with Gasteiger partial charge in [-0.05, 0) is 52.5 Å². The van der Waals surface area contributed by atoms with E-state index < -0.39 is 17.5 Å². The summed E-state index contributed by atoms with van der Waals surface area (Å²) < 4.78 is 82.8. The van der Waals surface area contributed by atoms with Gasteiger partial charge in [0.05, 0.1) is 23.4 Å². The predicted octanol–water partition coefficient (Wildman–Crippen LogP) is 10.3. The molecule has 4 nitrogen and oxygen atoms in total. The van der Waals surface area contributed by atoms with Crippen LogP contribution in [0.4, 0.5) is 0 Å². The van der Waals surface area contributed by atoms with E-state index in [-0.39, 0.29) is 69.7 Å². The quantitative estimate of drug-likeness (QED) is 0.202. The van der Waals surface area contributed by atoms with E-state index in [0.29, 0.717) is 45.4 Å². The molecule has 0 atom stereocenters. The molecule has 0 saturated heterocycles. The molecule has 0 spiro atoms. The van der Waals surface area contributed by atoms with Crippen molar-refractivity contribution in [2.75, 3.05) is 0 Å². The lowest BCUT2D eigenvalue weighted by atomic mass is 9.82. The molecule has 8 aromatic rings. The van der Waals surface area contributed by atoms with Crippen molar-refractivity contribution in [3.05, 3.63) is 157 Å². The van der Waals surface area contributed by atoms with Gasteiger partial charge in [0, 0.05) is 38.6 Å². The Kier molecular flexibility index (Phi) is 4.12. The fraction of sp³-hybridized carbons (Fsp3) is 0.0714. The van der Waals surface area contributed by atoms with Gasteiger partial charge in [0.1, 0.15) is 0 Å². The molecule has 0 bridgehead atoms. The number of nitrogens with zero attached hydrogens (tertiary/aromatic N) is 4. The third kappa shape index (κ3) is 4.04. The Morgan fingerprint density at radius 1 is 0.543 bits per heavy atom. The Bertz CT molecular complexity index is 2890. The van der Waals surface area contributed by atoms with E-state index in [1.54, 1.807) is 22.8 Å². The van der Waals surface area contributed by atoms with Crippen LogP contribution < -0.4 is 0 Å². The van der Waals surface area contributed by atoms with Crippen LogP contribution in [0.5, 0.6) is 0 Å². The normalized spacial score (nSPS) is 15.9. The van der Waals surface area contributed by atoms with Crippen molar-refractivity contribution in [2.45, 2.75) is 19.3 Å². The van der Waals surface area contributed by atoms with Crippen molar-refractivity contribution in [1.82, 2.24) is 19.5 Å². The topological polar surface area (TPSA) is 43.6 Å². The van der Waals surface area contributed by atoms with E-state index in [4.69, 9.17) is 24.5 Å². The molecule has 2 aromatic heterocycles. The molecule has 0 radical (unpaired) electrons. The highest BCUT2D eigenvalue weighted by Crippen LogP contribution is 2.51. The Morgan fingerprint density at radius 3 is 1.91 bits per heavy atom. The second-order valence-corrected chi connectivity index (χ2v) is 11.8. The summed E-state index contributed by atoms with van der Waals surface area (Å²) in [4.78, 5) is 14.6. The summed E-state index contributed by atoms with van der Waals surface area (Å²) in [6.45, 7) is 3.63. The van der Waals surface area contributed by atoms with Crippen LogP contribution in [-0.4, -0.2) is 19.5 Å². The molecule has 218 valence electrons. The minimum absolute atomic E-state index is 0.0381. The molecule has 0 aliphatic heterocycles. The highest BCUT2D eigenvalue weighted by atomic mass is 15.0. The first-order chi connectivity index (χ1) is 26.3. The molecule has 0 saturated carbocycles. The summed E-state index contributed by atoms with van der Waals surface area (Å²) in [5, 5.41) is 0.213. The molecule has 4 heteroatoms. The summed E-state index contributed by atoms with van der Waals surface area (Å²) >= 11 is 0. The molecular weight excluding hydrogens is 560 g/mol. The van der Waals surface area contributed by atoms with Crippen LogP contribution in [0.2, 0.25) is 0 Å². The Balaban J connectivity index is 1.38. The molecule has 0 fully saturated rings. The monoisotopic (exact) mass is 599 g/mol. The van der Waals surface area contributed by atoms with E-state index in [1.807, 2.05) is 80.6 Å². The summed E-state index contributed by atoms with van der Waals surface area (Å²) in [6, 6.07) is 25.6. The van der Waals surface area contributed by atoms with E-state index >= 15 is 0 Å². The van der Waals surface area contributed by atoms with Crippen LogP contribution in [0, 0.1) is 0 Å². The third-order valence-corrected chi connectivity index (χ3v) is 8.64. The fourth-order valence-electron chi connectivity index (χ4n) is 6.38. The minimum atomic E-state index is -1.06. The third-order valence-electron chi connectivity index (χ3n) is 8.64. The Labute approximate surface area is 280 Å². The van der Waals surface area contributed by atoms with E-state index in [1.165, 1.54) is 6.07 Å². The molecule has 0 N–H and O–H groups in total. The number of para-hydroxylation sites is 1. The maximum Gasteiger partial charge on any atom is 0.164 e. The summed E-state index contributed by atoms with van der Waals surface area (Å²) in [5.74, 6) is 1.28. The van der Waals surface area contributed by atoms with Gasteiger partial charge in [0.25, 0.3) is 0 Å². The summed E-state index contributed by atoms with van der Waals surface area (Å²) in [7, 11) is 0. The smallest absolute Gasteiger partial charge is 0.164 e. The van der Waals surface area contributed by atoms with Crippen LogP contribution in [0.15, 0.2) is 145 Å². The molecule has 46 heavy (non-hydrogen) atoms. The lowest BCUT2D eigenvalue weighted by Crippen LogP contribution is -2.14. The largest absolute Gasteiger partial charge is 0.309 e. The van der Waals surface area contributed by atoms with Crippen molar-refractivity contribution in [2.24, 2.45) is 0 Å². The van der Waals surface area contributed by atoms with Gasteiger partial charge in [0.15, 0.2) is 17.5 Å². The first-order valence-corrected chi connectivity index (χ1v) is 15.0. The zero-order valence-electron chi connectivity index (χ0n) is 33.9. The second-order valence-electron chi connectivity index (χ2n) is 11.8. The molecule has 2 heterocycles. The number of aromatic nitrogens is 4. The molecular formula is C42H30N4. The number of rotatable bonds is 4. The molecule has 1 aliphatic rings. The molecule has 0 unspecified atom stereocenters. The summed E-state index contributed by atoms with van der Waals surface area (Å²) in [5.41, 5.74) is 3.18. The van der Waals surface area contributed by atoms with Crippen LogP contribution >= 0.6 is 0 Å². The number of fused-ring (bicyclic) bond motifs is 6. The molecule has 1 aliphatic carbocycles. The predicted molar refractivity (Wildman–Crippen MR) is 188 cm³/mol. The maximum atomic E-state index is 9.86. The van der Waals surface area contributed by atoms with E-state index in [0.717, 1.165) is 11.1 Å². The van der Waals surface area contributed by atoms with Gasteiger partial charge in [-0.15, -0.1) is 0 Å². The Hall–Kier alpha value is -5.87. The highest BCUT2D eigenvalue weighted by molar-refractivity contribution is 6.11. The maximum absolute atomic E-state index is 9.86. The second kappa shape index (κ2) is 10.1. The van der Waals surface area contributed by atoms with Crippen LogP contribution in [0.25, 0.3) is 72.8 Å². The van der Waals surface area contributed by atoms with Gasteiger partial charge < -0.3 is 4.57 Å². The van der Waals surface area contributed by atoms with E-state index in [2.05, 4.69) is 0 Å².